The maximum Gasteiger partial charge on any atom is 0.302 e. The molecule has 3 heterocycles. The molecule has 0 atom stereocenters. The molecular formula is C25H24N4O4. The highest BCUT2D eigenvalue weighted by molar-refractivity contribution is 5.79. The van der Waals surface area contributed by atoms with Crippen LogP contribution in [0.1, 0.15) is 36.9 Å². The first-order chi connectivity index (χ1) is 15.9. The molecule has 0 aliphatic heterocycles. The number of hydrogen-bond donors (Lipinski definition) is 0. The van der Waals surface area contributed by atoms with Crippen molar-refractivity contribution < 1.29 is 14.3 Å². The lowest BCUT2D eigenvalue weighted by Crippen LogP contribution is -2.18. The van der Waals surface area contributed by atoms with E-state index in [-0.39, 0.29) is 23.5 Å². The maximum absolute atomic E-state index is 12.6. The fourth-order valence-electron chi connectivity index (χ4n) is 3.83. The summed E-state index contributed by atoms with van der Waals surface area (Å²) in [5.41, 5.74) is 3.10. The number of carbonyl (C=O) groups excluding carboxylic acids is 1. The second-order valence-corrected chi connectivity index (χ2v) is 8.50. The van der Waals surface area contributed by atoms with E-state index in [1.165, 1.54) is 6.92 Å². The van der Waals surface area contributed by atoms with E-state index in [4.69, 9.17) is 9.47 Å². The summed E-state index contributed by atoms with van der Waals surface area (Å²) in [5, 5.41) is 0. The Morgan fingerprint density at radius 3 is 2.64 bits per heavy atom. The van der Waals surface area contributed by atoms with Gasteiger partial charge in [0.15, 0.2) is 5.75 Å². The number of rotatable bonds is 7. The molecule has 5 rings (SSSR count). The molecule has 0 saturated heterocycles. The second kappa shape index (κ2) is 8.20. The minimum atomic E-state index is -0.200. The van der Waals surface area contributed by atoms with Gasteiger partial charge in [0.25, 0.3) is 5.56 Å². The minimum Gasteiger partial charge on any atom is -0.457 e. The van der Waals surface area contributed by atoms with E-state index in [2.05, 4.69) is 9.97 Å². The van der Waals surface area contributed by atoms with Crippen molar-refractivity contribution in [3.8, 4) is 23.3 Å². The Labute approximate surface area is 190 Å². The molecule has 3 aromatic heterocycles. The van der Waals surface area contributed by atoms with Crippen LogP contribution in [-0.4, -0.2) is 24.9 Å². The third-order valence-electron chi connectivity index (χ3n) is 5.69. The first kappa shape index (κ1) is 20.9. The fourth-order valence-corrected chi connectivity index (χ4v) is 3.83. The Bertz CT molecular complexity index is 1430. The zero-order valence-electron chi connectivity index (χ0n) is 18.7. The summed E-state index contributed by atoms with van der Waals surface area (Å²) in [5.74, 6) is 2.03. The lowest BCUT2D eigenvalue weighted by atomic mass is 10.2. The number of hydrogen-bond acceptors (Lipinski definition) is 6. The van der Waals surface area contributed by atoms with Gasteiger partial charge in [0.2, 0.25) is 0 Å². The molecule has 1 aliphatic rings. The highest BCUT2D eigenvalue weighted by atomic mass is 16.5. The Morgan fingerprint density at radius 1 is 1.09 bits per heavy atom. The lowest BCUT2D eigenvalue weighted by molar-refractivity contribution is -0.116. The van der Waals surface area contributed by atoms with Crippen LogP contribution >= 0.6 is 0 Å². The predicted molar refractivity (Wildman–Crippen MR) is 123 cm³/mol. The number of aromatic nitrogens is 4. The van der Waals surface area contributed by atoms with Crippen LogP contribution in [0, 0.1) is 0 Å². The van der Waals surface area contributed by atoms with Gasteiger partial charge in [0.1, 0.15) is 17.3 Å². The number of nitrogens with zero attached hydrogens (tertiary/aromatic N) is 4. The van der Waals surface area contributed by atoms with Gasteiger partial charge in [-0.1, -0.05) is 0 Å². The van der Waals surface area contributed by atoms with Crippen LogP contribution in [0.2, 0.25) is 0 Å². The van der Waals surface area contributed by atoms with E-state index in [1.807, 2.05) is 37.5 Å². The normalized spacial score (nSPS) is 13.3. The first-order valence-electron chi connectivity index (χ1n) is 10.8. The van der Waals surface area contributed by atoms with E-state index in [1.54, 1.807) is 34.5 Å². The quantitative estimate of drug-likeness (QED) is 0.423. The van der Waals surface area contributed by atoms with Gasteiger partial charge in [-0.15, -0.1) is 0 Å². The largest absolute Gasteiger partial charge is 0.457 e. The van der Waals surface area contributed by atoms with Gasteiger partial charge in [0, 0.05) is 45.0 Å². The highest BCUT2D eigenvalue weighted by Gasteiger charge is 2.25. The molecule has 8 heteroatoms. The number of pyridine rings is 2. The molecule has 8 nitrogen and oxygen atoms in total. The minimum absolute atomic E-state index is 0.0426. The van der Waals surface area contributed by atoms with Gasteiger partial charge < -0.3 is 14.0 Å². The summed E-state index contributed by atoms with van der Waals surface area (Å²) in [6.07, 6.45) is 6.05. The van der Waals surface area contributed by atoms with E-state index < -0.39 is 0 Å². The zero-order chi connectivity index (χ0) is 23.1. The molecule has 1 saturated carbocycles. The van der Waals surface area contributed by atoms with Gasteiger partial charge in [0.05, 0.1) is 16.7 Å². The average Bonchev–Trinajstić information content (AvgIpc) is 3.57. The molecule has 4 aromatic rings. The van der Waals surface area contributed by atoms with E-state index in [0.29, 0.717) is 29.1 Å². The summed E-state index contributed by atoms with van der Waals surface area (Å²) in [7, 11) is 3.57. The SMILES string of the molecule is CC(=O)Cc1cc(Oc2ccc3nc(Oc4cc(C5CC5)cn(C)c4=O)n(C)c3c2)ccn1. The highest BCUT2D eigenvalue weighted by Crippen LogP contribution is 2.40. The van der Waals surface area contributed by atoms with Gasteiger partial charge >= 0.3 is 6.01 Å². The number of benzene rings is 1. The molecule has 0 radical (unpaired) electrons. The molecule has 168 valence electrons. The summed E-state index contributed by atoms with van der Waals surface area (Å²) >= 11 is 0. The van der Waals surface area contributed by atoms with E-state index >= 15 is 0 Å². The summed E-state index contributed by atoms with van der Waals surface area (Å²) in [6.45, 7) is 1.53. The van der Waals surface area contributed by atoms with Crippen molar-refractivity contribution >= 4 is 16.8 Å². The molecule has 0 bridgehead atoms. The second-order valence-electron chi connectivity index (χ2n) is 8.50. The Kier molecular flexibility index (Phi) is 5.20. The van der Waals surface area contributed by atoms with Gasteiger partial charge in [-0.3, -0.25) is 19.1 Å². The topological polar surface area (TPSA) is 88.2 Å². The molecule has 1 fully saturated rings. The molecule has 1 aliphatic carbocycles. The van der Waals surface area contributed by atoms with Crippen LogP contribution in [0.25, 0.3) is 11.0 Å². The third kappa shape index (κ3) is 4.37. The number of fused-ring (bicyclic) bond motifs is 1. The Morgan fingerprint density at radius 2 is 1.88 bits per heavy atom. The van der Waals surface area contributed by atoms with Crippen LogP contribution in [0.5, 0.6) is 23.3 Å². The van der Waals surface area contributed by atoms with Crippen LogP contribution in [0.15, 0.2) is 53.6 Å². The maximum atomic E-state index is 12.6. The van der Waals surface area contributed by atoms with Gasteiger partial charge in [-0.2, -0.15) is 4.98 Å². The molecule has 1 aromatic carbocycles. The smallest absolute Gasteiger partial charge is 0.302 e. The molecule has 0 amide bonds. The van der Waals surface area contributed by atoms with Crippen molar-refractivity contribution in [3.63, 3.8) is 0 Å². The van der Waals surface area contributed by atoms with Crippen molar-refractivity contribution in [2.24, 2.45) is 14.1 Å². The number of carbonyl (C=O) groups is 1. The Hall–Kier alpha value is -3.94. The average molecular weight is 444 g/mol. The molecule has 0 spiro atoms. The van der Waals surface area contributed by atoms with Crippen molar-refractivity contribution in [2.45, 2.75) is 32.1 Å². The lowest BCUT2D eigenvalue weighted by Gasteiger charge is -2.09. The van der Waals surface area contributed by atoms with E-state index in [0.717, 1.165) is 29.4 Å². The summed E-state index contributed by atoms with van der Waals surface area (Å²) in [6, 6.07) is 11.2. The summed E-state index contributed by atoms with van der Waals surface area (Å²) in [4.78, 5) is 32.7. The number of aryl methyl sites for hydroxylation is 2. The zero-order valence-corrected chi connectivity index (χ0v) is 18.7. The van der Waals surface area contributed by atoms with Crippen molar-refractivity contribution in [1.29, 1.82) is 0 Å². The molecule has 0 N–H and O–H groups in total. The van der Waals surface area contributed by atoms with Crippen molar-refractivity contribution in [2.75, 3.05) is 0 Å². The fraction of sp³-hybridized carbons (Fsp3) is 0.280. The molecule has 33 heavy (non-hydrogen) atoms. The van der Waals surface area contributed by atoms with Crippen LogP contribution in [0.3, 0.4) is 0 Å². The first-order valence-corrected chi connectivity index (χ1v) is 10.8. The van der Waals surface area contributed by atoms with E-state index in [9.17, 15) is 9.59 Å². The van der Waals surface area contributed by atoms with Crippen LogP contribution in [0.4, 0.5) is 0 Å². The monoisotopic (exact) mass is 444 g/mol. The summed E-state index contributed by atoms with van der Waals surface area (Å²) < 4.78 is 15.3. The van der Waals surface area contributed by atoms with Gasteiger partial charge in [-0.05, 0) is 55.5 Å². The third-order valence-corrected chi connectivity index (χ3v) is 5.69. The number of ether oxygens (including phenoxy) is 2. The number of ketones is 1. The Balaban J connectivity index is 1.43. The standard InChI is InChI=1S/C25H24N4O4/c1-15(30)10-18-12-20(8-9-26-18)32-19-6-7-21-22(13-19)29(3)25(27-21)33-23-11-17(16-4-5-16)14-28(2)24(23)31/h6-9,11-14,16H,4-5,10H2,1-3H3. The predicted octanol–water partition coefficient (Wildman–Crippen LogP) is 4.26. The van der Waals surface area contributed by atoms with Crippen molar-refractivity contribution in [1.82, 2.24) is 19.1 Å². The molecular weight excluding hydrogens is 420 g/mol. The molecule has 0 unspecified atom stereocenters. The number of imidazole rings is 1. The van der Waals surface area contributed by atoms with Gasteiger partial charge in [-0.25, -0.2) is 0 Å². The number of Topliss-reactive ketones (excluding diaryl/α,β-unsaturated/α-hetero) is 1. The van der Waals surface area contributed by atoms with Crippen LogP contribution in [-0.2, 0) is 25.3 Å². The van der Waals surface area contributed by atoms with Crippen LogP contribution < -0.4 is 15.0 Å². The van der Waals surface area contributed by atoms with Crippen molar-refractivity contribution in [3.05, 3.63) is 70.4 Å².